The molecule has 0 bridgehead atoms. The summed E-state index contributed by atoms with van der Waals surface area (Å²) in [6, 6.07) is 8.20. The summed E-state index contributed by atoms with van der Waals surface area (Å²) in [6.07, 6.45) is 0. The molecule has 0 unspecified atom stereocenters. The molecule has 0 spiro atoms. The van der Waals surface area contributed by atoms with E-state index in [1.165, 1.54) is 36.4 Å². The van der Waals surface area contributed by atoms with Crippen molar-refractivity contribution >= 4 is 41.0 Å². The molecular weight excluding hydrogens is 430 g/mol. The highest BCUT2D eigenvalue weighted by molar-refractivity contribution is 6.33. The lowest BCUT2D eigenvalue weighted by molar-refractivity contribution is -0.384. The van der Waals surface area contributed by atoms with Gasteiger partial charge in [0.2, 0.25) is 0 Å². The van der Waals surface area contributed by atoms with Crippen LogP contribution in [-0.4, -0.2) is 41.3 Å². The molecule has 2 N–H and O–H groups in total. The maximum atomic E-state index is 12.8. The molecule has 0 aliphatic heterocycles. The van der Waals surface area contributed by atoms with Gasteiger partial charge in [0.15, 0.2) is 12.4 Å². The molecule has 0 aliphatic carbocycles. The number of esters is 1. The van der Waals surface area contributed by atoms with Gasteiger partial charge in [-0.05, 0) is 32.0 Å². The number of nitrogens with zero attached hydrogens (tertiary/aromatic N) is 1. The lowest BCUT2D eigenvalue weighted by Gasteiger charge is -2.11. The summed E-state index contributed by atoms with van der Waals surface area (Å²) in [5, 5.41) is 15.4. The monoisotopic (exact) mass is 447 g/mol. The Hall–Kier alpha value is -3.79. The maximum Gasteiger partial charge on any atom is 0.339 e. The van der Waals surface area contributed by atoms with Crippen molar-refractivity contribution in [3.63, 3.8) is 0 Å². The molecule has 31 heavy (non-hydrogen) atoms. The Balaban J connectivity index is 2.16. The van der Waals surface area contributed by atoms with Crippen molar-refractivity contribution in [2.45, 2.75) is 19.9 Å². The number of carbonyl (C=O) groups is 4. The summed E-state index contributed by atoms with van der Waals surface area (Å²) in [5.41, 5.74) is -0.741. The summed E-state index contributed by atoms with van der Waals surface area (Å²) in [7, 11) is 0. The van der Waals surface area contributed by atoms with Gasteiger partial charge in [-0.15, -0.1) is 0 Å². The Kier molecular flexibility index (Phi) is 7.81. The second kappa shape index (κ2) is 10.3. The Morgan fingerprint density at radius 3 is 2.35 bits per heavy atom. The van der Waals surface area contributed by atoms with Gasteiger partial charge in [0.05, 0.1) is 10.5 Å². The van der Waals surface area contributed by atoms with Crippen molar-refractivity contribution in [1.82, 2.24) is 10.6 Å². The topological polar surface area (TPSA) is 145 Å². The van der Waals surface area contributed by atoms with Gasteiger partial charge >= 0.3 is 12.0 Å². The van der Waals surface area contributed by atoms with Crippen LogP contribution >= 0.6 is 11.6 Å². The van der Waals surface area contributed by atoms with Crippen molar-refractivity contribution < 1.29 is 28.8 Å². The Bertz CT molecular complexity index is 1050. The van der Waals surface area contributed by atoms with E-state index in [4.69, 9.17) is 16.3 Å². The number of ether oxygens (including phenoxy) is 1. The van der Waals surface area contributed by atoms with E-state index in [2.05, 4.69) is 5.32 Å². The number of hydrogen-bond donors (Lipinski definition) is 2. The van der Waals surface area contributed by atoms with Crippen LogP contribution in [0.5, 0.6) is 0 Å². The first-order valence-electron chi connectivity index (χ1n) is 8.95. The number of imide groups is 1. The van der Waals surface area contributed by atoms with Crippen molar-refractivity contribution in [1.29, 1.82) is 0 Å². The second-order valence-electron chi connectivity index (χ2n) is 6.55. The van der Waals surface area contributed by atoms with Gasteiger partial charge in [0, 0.05) is 23.2 Å². The minimum absolute atomic E-state index is 0.0561. The van der Waals surface area contributed by atoms with Crippen molar-refractivity contribution in [3.05, 3.63) is 74.3 Å². The number of carbonyl (C=O) groups excluding carboxylic acids is 4. The Morgan fingerprint density at radius 1 is 1.10 bits per heavy atom. The number of hydrogen-bond acceptors (Lipinski definition) is 7. The number of amides is 3. The van der Waals surface area contributed by atoms with E-state index in [9.17, 15) is 29.3 Å². The van der Waals surface area contributed by atoms with Gasteiger partial charge in [0.25, 0.3) is 11.6 Å². The fourth-order valence-corrected chi connectivity index (χ4v) is 2.66. The molecule has 3 amide bonds. The fraction of sp³-hybridized carbons (Fsp3) is 0.200. The number of ketones is 1. The van der Waals surface area contributed by atoms with E-state index >= 15 is 0 Å². The molecule has 11 heteroatoms. The zero-order chi connectivity index (χ0) is 23.1. The third-order valence-electron chi connectivity index (χ3n) is 3.80. The zero-order valence-corrected chi connectivity index (χ0v) is 17.3. The lowest BCUT2D eigenvalue weighted by Crippen LogP contribution is -2.44. The number of nitro benzene ring substituents is 1. The van der Waals surface area contributed by atoms with Crippen LogP contribution in [0.4, 0.5) is 10.5 Å². The van der Waals surface area contributed by atoms with E-state index in [0.29, 0.717) is 0 Å². The van der Waals surface area contributed by atoms with Gasteiger partial charge in [-0.3, -0.25) is 25.0 Å². The minimum atomic E-state index is -0.980. The SMILES string of the molecule is CC(C)NC(=O)NC(=O)COC(=O)c1ccccc1C(=O)c1ccc(Cl)c([N+](=O)[O-])c1. The van der Waals surface area contributed by atoms with Crippen LogP contribution in [0.2, 0.25) is 5.02 Å². The third kappa shape index (κ3) is 6.34. The van der Waals surface area contributed by atoms with E-state index in [1.807, 2.05) is 5.32 Å². The molecular formula is C20H18ClN3O7. The lowest BCUT2D eigenvalue weighted by atomic mass is 9.98. The minimum Gasteiger partial charge on any atom is -0.452 e. The normalized spacial score (nSPS) is 10.3. The average molecular weight is 448 g/mol. The van der Waals surface area contributed by atoms with E-state index in [1.54, 1.807) is 13.8 Å². The van der Waals surface area contributed by atoms with Crippen LogP contribution in [0.25, 0.3) is 0 Å². The number of benzene rings is 2. The maximum absolute atomic E-state index is 12.8. The summed E-state index contributed by atoms with van der Waals surface area (Å²) in [5.74, 6) is -2.51. The molecule has 2 aromatic rings. The average Bonchev–Trinajstić information content (AvgIpc) is 2.71. The Labute approximate surface area is 181 Å². The van der Waals surface area contributed by atoms with Crippen molar-refractivity contribution in [3.8, 4) is 0 Å². The molecule has 0 saturated heterocycles. The van der Waals surface area contributed by atoms with Gasteiger partial charge in [-0.2, -0.15) is 0 Å². The van der Waals surface area contributed by atoms with Crippen LogP contribution in [-0.2, 0) is 9.53 Å². The summed E-state index contributed by atoms with van der Waals surface area (Å²) < 4.78 is 4.89. The number of rotatable bonds is 7. The quantitative estimate of drug-likeness (QED) is 0.287. The third-order valence-corrected chi connectivity index (χ3v) is 4.12. The predicted molar refractivity (Wildman–Crippen MR) is 110 cm³/mol. The molecule has 10 nitrogen and oxygen atoms in total. The molecule has 0 fully saturated rings. The molecule has 0 atom stereocenters. The number of nitro groups is 1. The summed E-state index contributed by atoms with van der Waals surface area (Å²) >= 11 is 5.76. The van der Waals surface area contributed by atoms with Gasteiger partial charge in [0.1, 0.15) is 5.02 Å². The van der Waals surface area contributed by atoms with Crippen molar-refractivity contribution in [2.75, 3.05) is 6.61 Å². The smallest absolute Gasteiger partial charge is 0.339 e. The van der Waals surface area contributed by atoms with Crippen LogP contribution in [0, 0.1) is 10.1 Å². The van der Waals surface area contributed by atoms with Gasteiger partial charge < -0.3 is 10.1 Å². The van der Waals surface area contributed by atoms with Crippen LogP contribution in [0.3, 0.4) is 0 Å². The molecule has 162 valence electrons. The van der Waals surface area contributed by atoms with Gasteiger partial charge in [-0.1, -0.05) is 29.8 Å². The van der Waals surface area contributed by atoms with Crippen LogP contribution in [0.15, 0.2) is 42.5 Å². The highest BCUT2D eigenvalue weighted by Gasteiger charge is 2.23. The van der Waals surface area contributed by atoms with Gasteiger partial charge in [-0.25, -0.2) is 9.59 Å². The highest BCUT2D eigenvalue weighted by Crippen LogP contribution is 2.27. The summed E-state index contributed by atoms with van der Waals surface area (Å²) in [6.45, 7) is 2.65. The molecule has 2 rings (SSSR count). The first-order valence-corrected chi connectivity index (χ1v) is 9.33. The van der Waals surface area contributed by atoms with E-state index in [-0.39, 0.29) is 27.8 Å². The molecule has 0 radical (unpaired) electrons. The molecule has 0 aromatic heterocycles. The number of nitrogens with one attached hydrogen (secondary N) is 2. The second-order valence-corrected chi connectivity index (χ2v) is 6.96. The van der Waals surface area contributed by atoms with Crippen molar-refractivity contribution in [2.24, 2.45) is 0 Å². The van der Waals surface area contributed by atoms with E-state index < -0.39 is 40.9 Å². The largest absolute Gasteiger partial charge is 0.452 e. The first kappa shape index (κ1) is 23.5. The highest BCUT2D eigenvalue weighted by atomic mass is 35.5. The fourth-order valence-electron chi connectivity index (χ4n) is 2.48. The van der Waals surface area contributed by atoms with Crippen LogP contribution < -0.4 is 10.6 Å². The first-order chi connectivity index (χ1) is 14.6. The number of halogens is 1. The number of urea groups is 1. The predicted octanol–water partition coefficient (Wildman–Crippen LogP) is 2.87. The van der Waals surface area contributed by atoms with Crippen LogP contribution in [0.1, 0.15) is 40.1 Å². The molecule has 0 saturated carbocycles. The molecule has 0 aliphatic rings. The Morgan fingerprint density at radius 2 is 1.74 bits per heavy atom. The molecule has 2 aromatic carbocycles. The zero-order valence-electron chi connectivity index (χ0n) is 16.5. The van der Waals surface area contributed by atoms with E-state index in [0.717, 1.165) is 6.07 Å². The standard InChI is InChI=1S/C20H18ClN3O7/c1-11(2)22-20(28)23-17(25)10-31-19(27)14-6-4-3-5-13(14)18(26)12-7-8-15(21)16(9-12)24(29)30/h3-9,11H,10H2,1-2H3,(H2,22,23,25,28). The molecule has 0 heterocycles. The summed E-state index contributed by atoms with van der Waals surface area (Å²) in [4.78, 5) is 58.8.